The van der Waals surface area contributed by atoms with Gasteiger partial charge in [0.2, 0.25) is 5.91 Å². The average molecular weight is 299 g/mol. The third-order valence-corrected chi connectivity index (χ3v) is 3.57. The van der Waals surface area contributed by atoms with E-state index in [1.165, 1.54) is 0 Å². The Kier molecular flexibility index (Phi) is 8.12. The number of nitrogens with zero attached hydrogens (tertiary/aromatic N) is 2. The van der Waals surface area contributed by atoms with Gasteiger partial charge in [-0.25, -0.2) is 4.79 Å². The summed E-state index contributed by atoms with van der Waals surface area (Å²) >= 11 is 0. The first-order valence-electron chi connectivity index (χ1n) is 7.94. The highest BCUT2D eigenvalue weighted by atomic mass is 16.6. The van der Waals surface area contributed by atoms with Crippen molar-refractivity contribution in [3.63, 3.8) is 0 Å². The van der Waals surface area contributed by atoms with E-state index in [0.717, 1.165) is 19.5 Å². The summed E-state index contributed by atoms with van der Waals surface area (Å²) in [7, 11) is 0. The van der Waals surface area contributed by atoms with Gasteiger partial charge in [0.25, 0.3) is 0 Å². The second-order valence-electron chi connectivity index (χ2n) is 5.75. The third-order valence-electron chi connectivity index (χ3n) is 3.57. The summed E-state index contributed by atoms with van der Waals surface area (Å²) in [4.78, 5) is 27.1. The Morgan fingerprint density at radius 2 is 1.71 bits per heavy atom. The fourth-order valence-electron chi connectivity index (χ4n) is 2.22. The highest BCUT2D eigenvalue weighted by Crippen LogP contribution is 2.05. The minimum Gasteiger partial charge on any atom is -0.450 e. The molecule has 6 nitrogen and oxygen atoms in total. The molecule has 122 valence electrons. The van der Waals surface area contributed by atoms with Crippen LogP contribution < -0.4 is 5.32 Å². The summed E-state index contributed by atoms with van der Waals surface area (Å²) in [6.45, 7) is 10.6. The van der Waals surface area contributed by atoms with Crippen molar-refractivity contribution < 1.29 is 14.3 Å². The minimum absolute atomic E-state index is 0.163. The normalized spacial score (nSPS) is 15.4. The molecule has 0 aromatic rings. The molecule has 0 bridgehead atoms. The highest BCUT2D eigenvalue weighted by Gasteiger charge is 2.24. The van der Waals surface area contributed by atoms with Crippen molar-refractivity contribution in [2.75, 3.05) is 45.9 Å². The monoisotopic (exact) mass is 299 g/mol. The molecule has 1 fully saturated rings. The Labute approximate surface area is 127 Å². The lowest BCUT2D eigenvalue weighted by atomic mass is 10.1. The molecule has 0 radical (unpaired) electrons. The van der Waals surface area contributed by atoms with E-state index < -0.39 is 0 Å². The van der Waals surface area contributed by atoms with Crippen LogP contribution in [0.2, 0.25) is 0 Å². The van der Waals surface area contributed by atoms with E-state index in [1.807, 2.05) is 4.90 Å². The van der Waals surface area contributed by atoms with Gasteiger partial charge >= 0.3 is 6.09 Å². The zero-order valence-electron chi connectivity index (χ0n) is 13.6. The number of hydrogen-bond acceptors (Lipinski definition) is 4. The van der Waals surface area contributed by atoms with Crippen LogP contribution in [-0.2, 0) is 9.53 Å². The van der Waals surface area contributed by atoms with Crippen molar-refractivity contribution in [3.8, 4) is 0 Å². The molecule has 1 heterocycles. The van der Waals surface area contributed by atoms with Gasteiger partial charge in [-0.3, -0.25) is 4.79 Å². The fourth-order valence-corrected chi connectivity index (χ4v) is 2.22. The number of rotatable bonds is 7. The van der Waals surface area contributed by atoms with Crippen molar-refractivity contribution in [2.24, 2.45) is 5.92 Å². The maximum atomic E-state index is 12.0. The lowest BCUT2D eigenvalue weighted by molar-refractivity contribution is -0.132. The summed E-state index contributed by atoms with van der Waals surface area (Å²) in [5.74, 6) is 0.847. The summed E-state index contributed by atoms with van der Waals surface area (Å²) in [6, 6.07) is 0. The quantitative estimate of drug-likeness (QED) is 0.720. The van der Waals surface area contributed by atoms with Crippen LogP contribution in [0.25, 0.3) is 0 Å². The van der Waals surface area contributed by atoms with Gasteiger partial charge in [-0.2, -0.15) is 0 Å². The zero-order chi connectivity index (χ0) is 15.7. The topological polar surface area (TPSA) is 61.9 Å². The van der Waals surface area contributed by atoms with Crippen LogP contribution >= 0.6 is 0 Å². The van der Waals surface area contributed by atoms with E-state index in [9.17, 15) is 9.59 Å². The number of piperazine rings is 1. The van der Waals surface area contributed by atoms with Gasteiger partial charge in [-0.15, -0.1) is 0 Å². The van der Waals surface area contributed by atoms with Crippen molar-refractivity contribution in [1.29, 1.82) is 0 Å². The molecule has 0 aromatic carbocycles. The lowest BCUT2D eigenvalue weighted by Crippen LogP contribution is -2.51. The van der Waals surface area contributed by atoms with Gasteiger partial charge in [-0.1, -0.05) is 13.8 Å². The number of nitrogens with one attached hydrogen (secondary N) is 1. The molecule has 0 spiro atoms. The summed E-state index contributed by atoms with van der Waals surface area (Å²) < 4.78 is 4.96. The van der Waals surface area contributed by atoms with E-state index in [-0.39, 0.29) is 12.0 Å². The lowest BCUT2D eigenvalue weighted by Gasteiger charge is -2.34. The number of carbonyl (C=O) groups is 2. The van der Waals surface area contributed by atoms with Crippen LogP contribution in [0.15, 0.2) is 0 Å². The molecule has 1 rings (SSSR count). The summed E-state index contributed by atoms with van der Waals surface area (Å²) in [6.07, 6.45) is 1.38. The molecule has 0 saturated carbocycles. The Morgan fingerprint density at radius 3 is 2.29 bits per heavy atom. The standard InChI is InChI=1S/C15H29N3O3/c1-4-21-15(20)18-11-9-17(10-12-18)14(19)6-8-16-7-5-13(2)3/h13,16H,4-12H2,1-3H3. The molecule has 1 aliphatic rings. The van der Waals surface area contributed by atoms with Crippen LogP contribution in [0.3, 0.4) is 0 Å². The van der Waals surface area contributed by atoms with Crippen LogP contribution in [-0.4, -0.2) is 67.7 Å². The SMILES string of the molecule is CCOC(=O)N1CCN(C(=O)CCNCCC(C)C)CC1. The molecular formula is C15H29N3O3. The average Bonchev–Trinajstić information content (AvgIpc) is 2.46. The maximum Gasteiger partial charge on any atom is 0.409 e. The molecule has 2 amide bonds. The second-order valence-corrected chi connectivity index (χ2v) is 5.75. The molecule has 21 heavy (non-hydrogen) atoms. The van der Waals surface area contributed by atoms with Crippen LogP contribution in [0.1, 0.15) is 33.6 Å². The fraction of sp³-hybridized carbons (Fsp3) is 0.867. The van der Waals surface area contributed by atoms with Gasteiger partial charge in [-0.05, 0) is 25.8 Å². The molecular weight excluding hydrogens is 270 g/mol. The van der Waals surface area contributed by atoms with Gasteiger partial charge in [0.1, 0.15) is 0 Å². The largest absolute Gasteiger partial charge is 0.450 e. The Hall–Kier alpha value is -1.30. The van der Waals surface area contributed by atoms with Crippen LogP contribution in [0, 0.1) is 5.92 Å². The number of amides is 2. The van der Waals surface area contributed by atoms with Crippen molar-refractivity contribution >= 4 is 12.0 Å². The molecule has 1 aliphatic heterocycles. The minimum atomic E-state index is -0.278. The van der Waals surface area contributed by atoms with E-state index in [4.69, 9.17) is 4.74 Å². The smallest absolute Gasteiger partial charge is 0.409 e. The number of carbonyl (C=O) groups excluding carboxylic acids is 2. The van der Waals surface area contributed by atoms with Crippen molar-refractivity contribution in [2.45, 2.75) is 33.6 Å². The van der Waals surface area contributed by atoms with E-state index in [0.29, 0.717) is 45.1 Å². The second kappa shape index (κ2) is 9.60. The molecule has 0 aromatic heterocycles. The first-order chi connectivity index (χ1) is 10.0. The first kappa shape index (κ1) is 17.8. The number of ether oxygens (including phenoxy) is 1. The summed E-state index contributed by atoms with van der Waals surface area (Å²) in [5.41, 5.74) is 0. The van der Waals surface area contributed by atoms with Crippen LogP contribution in [0.5, 0.6) is 0 Å². The Bertz CT molecular complexity index is 326. The molecule has 6 heteroatoms. The molecule has 0 atom stereocenters. The predicted molar refractivity (Wildman–Crippen MR) is 82.1 cm³/mol. The Balaban J connectivity index is 2.15. The predicted octanol–water partition coefficient (Wildman–Crippen LogP) is 1.31. The van der Waals surface area contributed by atoms with Gasteiger partial charge in [0.15, 0.2) is 0 Å². The van der Waals surface area contributed by atoms with E-state index in [2.05, 4.69) is 19.2 Å². The Morgan fingerprint density at radius 1 is 1.10 bits per heavy atom. The van der Waals surface area contributed by atoms with Gasteiger partial charge in [0.05, 0.1) is 6.61 Å². The molecule has 1 saturated heterocycles. The molecule has 1 N–H and O–H groups in total. The molecule has 0 unspecified atom stereocenters. The highest BCUT2D eigenvalue weighted by molar-refractivity contribution is 5.77. The van der Waals surface area contributed by atoms with E-state index in [1.54, 1.807) is 11.8 Å². The third kappa shape index (κ3) is 6.80. The molecule has 0 aliphatic carbocycles. The first-order valence-corrected chi connectivity index (χ1v) is 7.94. The van der Waals surface area contributed by atoms with Gasteiger partial charge in [0, 0.05) is 39.1 Å². The van der Waals surface area contributed by atoms with E-state index >= 15 is 0 Å². The maximum absolute atomic E-state index is 12.0. The van der Waals surface area contributed by atoms with Crippen molar-refractivity contribution in [1.82, 2.24) is 15.1 Å². The van der Waals surface area contributed by atoms with Crippen molar-refractivity contribution in [3.05, 3.63) is 0 Å². The van der Waals surface area contributed by atoms with Crippen LogP contribution in [0.4, 0.5) is 4.79 Å². The summed E-state index contributed by atoms with van der Waals surface area (Å²) in [5, 5.41) is 3.30. The zero-order valence-corrected chi connectivity index (χ0v) is 13.6. The number of hydrogen-bond donors (Lipinski definition) is 1. The van der Waals surface area contributed by atoms with Gasteiger partial charge < -0.3 is 19.9 Å².